The number of amides is 1. The SMILES string of the molecule is Cc1ccc(CCC(=O)N2CCC(S(=O)(=O)c3nncn3C)CC2)cc1F. The summed E-state index contributed by atoms with van der Waals surface area (Å²) < 4.78 is 40.3. The third kappa shape index (κ3) is 4.18. The lowest BCUT2D eigenvalue weighted by Gasteiger charge is -2.31. The minimum atomic E-state index is -3.55. The number of nitrogens with zero attached hydrogens (tertiary/aromatic N) is 4. The largest absolute Gasteiger partial charge is 0.343 e. The predicted octanol–water partition coefficient (Wildman–Crippen LogP) is 1.66. The monoisotopic (exact) mass is 394 g/mol. The van der Waals surface area contributed by atoms with Gasteiger partial charge in [0.25, 0.3) is 0 Å². The van der Waals surface area contributed by atoms with Gasteiger partial charge in [0, 0.05) is 26.6 Å². The molecule has 146 valence electrons. The Kier molecular flexibility index (Phi) is 5.59. The van der Waals surface area contributed by atoms with E-state index in [1.54, 1.807) is 24.9 Å². The molecular formula is C18H23FN4O3S. The van der Waals surface area contributed by atoms with Crippen LogP contribution >= 0.6 is 0 Å². The highest BCUT2D eigenvalue weighted by Crippen LogP contribution is 2.23. The first-order valence-corrected chi connectivity index (χ1v) is 10.4. The van der Waals surface area contributed by atoms with Gasteiger partial charge < -0.3 is 9.47 Å². The van der Waals surface area contributed by atoms with E-state index in [-0.39, 0.29) is 23.3 Å². The van der Waals surface area contributed by atoms with Crippen molar-refractivity contribution in [3.8, 4) is 0 Å². The molecule has 1 aliphatic rings. The van der Waals surface area contributed by atoms with E-state index in [0.717, 1.165) is 5.56 Å². The van der Waals surface area contributed by atoms with E-state index >= 15 is 0 Å². The summed E-state index contributed by atoms with van der Waals surface area (Å²) in [5.41, 5.74) is 1.36. The standard InChI is InChI=1S/C18H23FN4O3S/c1-13-3-4-14(11-16(13)19)5-6-17(24)23-9-7-15(8-10-23)27(25,26)18-21-20-12-22(18)2/h3-4,11-12,15H,5-10H2,1-2H3. The first kappa shape index (κ1) is 19.5. The van der Waals surface area contributed by atoms with Crippen molar-refractivity contribution < 1.29 is 17.6 Å². The fourth-order valence-corrected chi connectivity index (χ4v) is 5.04. The van der Waals surface area contributed by atoms with Crippen molar-refractivity contribution in [2.75, 3.05) is 13.1 Å². The summed E-state index contributed by atoms with van der Waals surface area (Å²) in [7, 11) is -1.96. The number of carbonyl (C=O) groups excluding carboxylic acids is 1. The molecule has 0 saturated carbocycles. The second-order valence-electron chi connectivity index (χ2n) is 6.93. The predicted molar refractivity (Wildman–Crippen MR) is 97.2 cm³/mol. The maximum atomic E-state index is 13.6. The van der Waals surface area contributed by atoms with Gasteiger partial charge in [-0.3, -0.25) is 4.79 Å². The molecule has 1 saturated heterocycles. The Labute approximate surface area is 158 Å². The average Bonchev–Trinajstić information content (AvgIpc) is 3.09. The molecule has 2 aromatic rings. The van der Waals surface area contributed by atoms with Crippen molar-refractivity contribution in [3.63, 3.8) is 0 Å². The van der Waals surface area contributed by atoms with Crippen LogP contribution in [0.15, 0.2) is 29.7 Å². The molecule has 0 spiro atoms. The summed E-state index contributed by atoms with van der Waals surface area (Å²) in [6.45, 7) is 2.48. The maximum absolute atomic E-state index is 13.6. The van der Waals surface area contributed by atoms with Crippen LogP contribution in [0.3, 0.4) is 0 Å². The van der Waals surface area contributed by atoms with Gasteiger partial charge in [-0.15, -0.1) is 10.2 Å². The van der Waals surface area contributed by atoms with Crippen LogP contribution in [0.1, 0.15) is 30.4 Å². The number of hydrogen-bond donors (Lipinski definition) is 0. The second kappa shape index (κ2) is 7.75. The minimum absolute atomic E-state index is 0.0336. The fourth-order valence-electron chi connectivity index (χ4n) is 3.30. The Morgan fingerprint density at radius 3 is 2.59 bits per heavy atom. The molecule has 1 aliphatic heterocycles. The molecule has 7 nitrogen and oxygen atoms in total. The molecule has 0 atom stereocenters. The maximum Gasteiger partial charge on any atom is 0.249 e. The van der Waals surface area contributed by atoms with E-state index in [9.17, 15) is 17.6 Å². The zero-order valence-corrected chi connectivity index (χ0v) is 16.2. The first-order valence-electron chi connectivity index (χ1n) is 8.89. The van der Waals surface area contributed by atoms with Crippen molar-refractivity contribution in [2.24, 2.45) is 7.05 Å². The number of sulfone groups is 1. The highest BCUT2D eigenvalue weighted by molar-refractivity contribution is 7.91. The van der Waals surface area contributed by atoms with Gasteiger partial charge in [-0.25, -0.2) is 12.8 Å². The van der Waals surface area contributed by atoms with Gasteiger partial charge in [0.05, 0.1) is 5.25 Å². The molecule has 9 heteroatoms. The number of aromatic nitrogens is 3. The Hall–Kier alpha value is -2.29. The van der Waals surface area contributed by atoms with Gasteiger partial charge in [-0.2, -0.15) is 0 Å². The van der Waals surface area contributed by atoms with Crippen LogP contribution in [0.4, 0.5) is 4.39 Å². The highest BCUT2D eigenvalue weighted by Gasteiger charge is 2.35. The van der Waals surface area contributed by atoms with Gasteiger partial charge in [-0.05, 0) is 43.4 Å². The molecular weight excluding hydrogens is 371 g/mol. The van der Waals surface area contributed by atoms with Crippen LogP contribution in [-0.4, -0.2) is 52.3 Å². The van der Waals surface area contributed by atoms with Crippen LogP contribution in [0.5, 0.6) is 0 Å². The lowest BCUT2D eigenvalue weighted by molar-refractivity contribution is -0.132. The average molecular weight is 394 g/mol. The first-order chi connectivity index (χ1) is 12.8. The van der Waals surface area contributed by atoms with Crippen LogP contribution < -0.4 is 0 Å². The summed E-state index contributed by atoms with van der Waals surface area (Å²) >= 11 is 0. The number of hydrogen-bond acceptors (Lipinski definition) is 5. The number of halogens is 1. The van der Waals surface area contributed by atoms with Gasteiger partial charge in [0.15, 0.2) is 0 Å². The molecule has 0 unspecified atom stereocenters. The normalized spacial score (nSPS) is 15.9. The van der Waals surface area contributed by atoms with E-state index in [1.807, 2.05) is 6.07 Å². The molecule has 1 aromatic carbocycles. The summed E-state index contributed by atoms with van der Waals surface area (Å²) in [4.78, 5) is 14.1. The topological polar surface area (TPSA) is 85.2 Å². The summed E-state index contributed by atoms with van der Waals surface area (Å²) in [6.07, 6.45) is 2.86. The molecule has 3 rings (SSSR count). The van der Waals surface area contributed by atoms with Crippen molar-refractivity contribution >= 4 is 15.7 Å². The van der Waals surface area contributed by atoms with Crippen molar-refractivity contribution in [2.45, 2.75) is 43.0 Å². The molecule has 1 amide bonds. The molecule has 2 heterocycles. The van der Waals surface area contributed by atoms with E-state index < -0.39 is 15.1 Å². The quantitative estimate of drug-likeness (QED) is 0.770. The number of likely N-dealkylation sites (tertiary alicyclic amines) is 1. The van der Waals surface area contributed by atoms with Crippen molar-refractivity contribution in [1.82, 2.24) is 19.7 Å². The summed E-state index contributed by atoms with van der Waals surface area (Å²) in [5, 5.41) is 6.75. The minimum Gasteiger partial charge on any atom is -0.343 e. The Morgan fingerprint density at radius 1 is 1.30 bits per heavy atom. The van der Waals surface area contributed by atoms with Gasteiger partial charge in [-0.1, -0.05) is 12.1 Å². The van der Waals surface area contributed by atoms with E-state index in [1.165, 1.54) is 17.0 Å². The molecule has 1 fully saturated rings. The second-order valence-corrected chi connectivity index (χ2v) is 9.05. The van der Waals surface area contributed by atoms with Crippen LogP contribution in [-0.2, 0) is 28.1 Å². The Bertz CT molecular complexity index is 934. The van der Waals surface area contributed by atoms with Gasteiger partial charge in [0.2, 0.25) is 20.9 Å². The number of carbonyl (C=O) groups is 1. The zero-order chi connectivity index (χ0) is 19.6. The van der Waals surface area contributed by atoms with Crippen LogP contribution in [0.25, 0.3) is 0 Å². The molecule has 0 aliphatic carbocycles. The lowest BCUT2D eigenvalue weighted by Crippen LogP contribution is -2.43. The number of rotatable bonds is 5. The van der Waals surface area contributed by atoms with E-state index in [4.69, 9.17) is 0 Å². The molecule has 0 radical (unpaired) electrons. The van der Waals surface area contributed by atoms with Gasteiger partial charge in [0.1, 0.15) is 12.1 Å². The number of aryl methyl sites for hydroxylation is 3. The third-order valence-electron chi connectivity index (χ3n) is 5.02. The van der Waals surface area contributed by atoms with E-state index in [2.05, 4.69) is 10.2 Å². The lowest BCUT2D eigenvalue weighted by atomic mass is 10.1. The van der Waals surface area contributed by atoms with Crippen molar-refractivity contribution in [1.29, 1.82) is 0 Å². The summed E-state index contributed by atoms with van der Waals surface area (Å²) in [5.74, 6) is -0.305. The number of benzene rings is 1. The van der Waals surface area contributed by atoms with Crippen molar-refractivity contribution in [3.05, 3.63) is 41.5 Å². The van der Waals surface area contributed by atoms with Gasteiger partial charge >= 0.3 is 0 Å². The molecule has 1 aromatic heterocycles. The van der Waals surface area contributed by atoms with E-state index in [0.29, 0.717) is 37.9 Å². The summed E-state index contributed by atoms with van der Waals surface area (Å²) in [6, 6.07) is 4.99. The number of piperidine rings is 1. The van der Waals surface area contributed by atoms with Crippen LogP contribution in [0.2, 0.25) is 0 Å². The van der Waals surface area contributed by atoms with Crippen LogP contribution in [0, 0.1) is 12.7 Å². The third-order valence-corrected chi connectivity index (χ3v) is 7.25. The highest BCUT2D eigenvalue weighted by atomic mass is 32.2. The molecule has 27 heavy (non-hydrogen) atoms. The smallest absolute Gasteiger partial charge is 0.249 e. The zero-order valence-electron chi connectivity index (χ0n) is 15.4. The Morgan fingerprint density at radius 2 is 2.00 bits per heavy atom. The fraction of sp³-hybridized carbons (Fsp3) is 0.500. The Balaban J connectivity index is 1.55. The molecule has 0 bridgehead atoms. The molecule has 0 N–H and O–H groups in total.